The molecule has 0 saturated carbocycles. The number of amides is 4. The standard InChI is InChI=1S/C19H21FN4O2/c20-14-6-8-16(9-7-14)23-19(26)24-12-10-17(11-13-24)22-18(25)21-15-4-2-1-3-5-15/h1-9,17H,10-13H2,(H,23,26)(H2,21,22,25). The van der Waals surface area contributed by atoms with Crippen molar-refractivity contribution in [3.8, 4) is 0 Å². The zero-order chi connectivity index (χ0) is 18.4. The summed E-state index contributed by atoms with van der Waals surface area (Å²) in [4.78, 5) is 26.0. The fourth-order valence-electron chi connectivity index (χ4n) is 2.84. The Morgan fingerprint density at radius 1 is 0.885 bits per heavy atom. The van der Waals surface area contributed by atoms with E-state index in [1.807, 2.05) is 30.3 Å². The molecule has 6 nitrogen and oxygen atoms in total. The summed E-state index contributed by atoms with van der Waals surface area (Å²) in [6.45, 7) is 1.09. The summed E-state index contributed by atoms with van der Waals surface area (Å²) in [6, 6.07) is 14.4. The van der Waals surface area contributed by atoms with Crippen molar-refractivity contribution in [3.63, 3.8) is 0 Å². The van der Waals surface area contributed by atoms with E-state index in [9.17, 15) is 14.0 Å². The van der Waals surface area contributed by atoms with Crippen LogP contribution in [0.2, 0.25) is 0 Å². The third-order valence-electron chi connectivity index (χ3n) is 4.24. The number of nitrogens with one attached hydrogen (secondary N) is 3. The van der Waals surface area contributed by atoms with Crippen LogP contribution < -0.4 is 16.0 Å². The zero-order valence-electron chi connectivity index (χ0n) is 14.2. The van der Waals surface area contributed by atoms with Gasteiger partial charge in [0.05, 0.1) is 0 Å². The number of rotatable bonds is 3. The van der Waals surface area contributed by atoms with Crippen molar-refractivity contribution in [3.05, 3.63) is 60.4 Å². The molecule has 0 unspecified atom stereocenters. The van der Waals surface area contributed by atoms with Gasteiger partial charge in [0.2, 0.25) is 0 Å². The smallest absolute Gasteiger partial charge is 0.321 e. The van der Waals surface area contributed by atoms with Gasteiger partial charge in [0.1, 0.15) is 5.82 Å². The molecule has 3 N–H and O–H groups in total. The number of nitrogens with zero attached hydrogens (tertiary/aromatic N) is 1. The van der Waals surface area contributed by atoms with E-state index >= 15 is 0 Å². The molecule has 0 aromatic heterocycles. The highest BCUT2D eigenvalue weighted by Crippen LogP contribution is 2.14. The van der Waals surface area contributed by atoms with Gasteiger partial charge in [-0.2, -0.15) is 0 Å². The fourth-order valence-corrected chi connectivity index (χ4v) is 2.84. The summed E-state index contributed by atoms with van der Waals surface area (Å²) in [5.74, 6) is -0.344. The van der Waals surface area contributed by atoms with Gasteiger partial charge < -0.3 is 20.9 Å². The van der Waals surface area contributed by atoms with Crippen LogP contribution in [-0.2, 0) is 0 Å². The minimum atomic E-state index is -0.344. The summed E-state index contributed by atoms with van der Waals surface area (Å²) in [7, 11) is 0. The molecule has 0 aliphatic carbocycles. The van der Waals surface area contributed by atoms with Crippen molar-refractivity contribution in [1.29, 1.82) is 0 Å². The first-order chi connectivity index (χ1) is 12.6. The molecule has 7 heteroatoms. The number of hydrogen-bond donors (Lipinski definition) is 3. The van der Waals surface area contributed by atoms with Gasteiger partial charge in [-0.05, 0) is 49.2 Å². The van der Waals surface area contributed by atoms with E-state index < -0.39 is 0 Å². The number of halogens is 1. The Bertz CT molecular complexity index is 744. The van der Waals surface area contributed by atoms with Crippen LogP contribution in [0.1, 0.15) is 12.8 Å². The minimum Gasteiger partial charge on any atom is -0.335 e. The Morgan fingerprint density at radius 3 is 2.15 bits per heavy atom. The van der Waals surface area contributed by atoms with Crippen LogP contribution in [-0.4, -0.2) is 36.1 Å². The predicted octanol–water partition coefficient (Wildman–Crippen LogP) is 3.64. The normalized spacial score (nSPS) is 14.6. The van der Waals surface area contributed by atoms with Gasteiger partial charge in [-0.15, -0.1) is 0 Å². The number of likely N-dealkylation sites (tertiary alicyclic amines) is 1. The van der Waals surface area contributed by atoms with Crippen molar-refractivity contribution in [1.82, 2.24) is 10.2 Å². The van der Waals surface area contributed by atoms with E-state index in [2.05, 4.69) is 16.0 Å². The average molecular weight is 356 g/mol. The Labute approximate surface area is 151 Å². The number of anilines is 2. The molecule has 4 amide bonds. The highest BCUT2D eigenvalue weighted by atomic mass is 19.1. The second-order valence-corrected chi connectivity index (χ2v) is 6.16. The van der Waals surface area contributed by atoms with Crippen LogP contribution in [0.3, 0.4) is 0 Å². The van der Waals surface area contributed by atoms with Crippen molar-refractivity contribution in [2.24, 2.45) is 0 Å². The second-order valence-electron chi connectivity index (χ2n) is 6.16. The highest BCUT2D eigenvalue weighted by Gasteiger charge is 2.24. The maximum atomic E-state index is 12.9. The maximum Gasteiger partial charge on any atom is 0.321 e. The first-order valence-corrected chi connectivity index (χ1v) is 8.54. The van der Waals surface area contributed by atoms with E-state index in [0.717, 1.165) is 5.69 Å². The lowest BCUT2D eigenvalue weighted by molar-refractivity contribution is 0.189. The summed E-state index contributed by atoms with van der Waals surface area (Å²) >= 11 is 0. The Hall–Kier alpha value is -3.09. The number of carbonyl (C=O) groups excluding carboxylic acids is 2. The van der Waals surface area contributed by atoms with Crippen molar-refractivity contribution >= 4 is 23.4 Å². The number of carbonyl (C=O) groups is 2. The molecule has 3 rings (SSSR count). The van der Waals surface area contributed by atoms with Crippen molar-refractivity contribution in [2.45, 2.75) is 18.9 Å². The Morgan fingerprint density at radius 2 is 1.50 bits per heavy atom. The third-order valence-corrected chi connectivity index (χ3v) is 4.24. The molecule has 0 spiro atoms. The lowest BCUT2D eigenvalue weighted by atomic mass is 10.1. The zero-order valence-corrected chi connectivity index (χ0v) is 14.2. The predicted molar refractivity (Wildman–Crippen MR) is 98.6 cm³/mol. The summed E-state index contributed by atoms with van der Waals surface area (Å²) < 4.78 is 12.9. The topological polar surface area (TPSA) is 73.5 Å². The van der Waals surface area contributed by atoms with Gasteiger partial charge in [0.15, 0.2) is 0 Å². The van der Waals surface area contributed by atoms with Crippen LogP contribution >= 0.6 is 0 Å². The largest absolute Gasteiger partial charge is 0.335 e. The van der Waals surface area contributed by atoms with Crippen LogP contribution in [0.5, 0.6) is 0 Å². The van der Waals surface area contributed by atoms with E-state index in [4.69, 9.17) is 0 Å². The molecule has 2 aromatic carbocycles. The lowest BCUT2D eigenvalue weighted by Crippen LogP contribution is -2.48. The van der Waals surface area contributed by atoms with E-state index in [0.29, 0.717) is 31.6 Å². The third kappa shape index (κ3) is 4.95. The SMILES string of the molecule is O=C(Nc1ccccc1)NC1CCN(C(=O)Nc2ccc(F)cc2)CC1. The summed E-state index contributed by atoms with van der Waals surface area (Å²) in [5.41, 5.74) is 1.29. The van der Waals surface area contributed by atoms with Crippen LogP contribution in [0.4, 0.5) is 25.4 Å². The van der Waals surface area contributed by atoms with E-state index in [1.165, 1.54) is 24.3 Å². The molecular formula is C19H21FN4O2. The van der Waals surface area contributed by atoms with Gasteiger partial charge in [-0.25, -0.2) is 14.0 Å². The first kappa shape index (κ1) is 17.7. The Balaban J connectivity index is 1.42. The van der Waals surface area contributed by atoms with Gasteiger partial charge >= 0.3 is 12.1 Å². The second kappa shape index (κ2) is 8.33. The molecule has 1 heterocycles. The van der Waals surface area contributed by atoms with Gasteiger partial charge in [-0.1, -0.05) is 18.2 Å². The number of hydrogen-bond acceptors (Lipinski definition) is 2. The summed E-state index contributed by atoms with van der Waals surface area (Å²) in [5, 5.41) is 8.47. The Kier molecular flexibility index (Phi) is 5.68. The molecule has 136 valence electrons. The van der Waals surface area contributed by atoms with Crippen LogP contribution in [0.15, 0.2) is 54.6 Å². The molecular weight excluding hydrogens is 335 g/mol. The van der Waals surface area contributed by atoms with Crippen molar-refractivity contribution < 1.29 is 14.0 Å². The van der Waals surface area contributed by atoms with Crippen LogP contribution in [0.25, 0.3) is 0 Å². The average Bonchev–Trinajstić information content (AvgIpc) is 2.65. The molecule has 1 aliphatic rings. The molecule has 0 atom stereocenters. The number of benzene rings is 2. The maximum absolute atomic E-state index is 12.9. The quantitative estimate of drug-likeness (QED) is 0.785. The summed E-state index contributed by atoms with van der Waals surface area (Å²) in [6.07, 6.45) is 1.36. The van der Waals surface area contributed by atoms with E-state index in [-0.39, 0.29) is 23.9 Å². The molecule has 2 aromatic rings. The number of urea groups is 2. The molecule has 1 fully saturated rings. The van der Waals surface area contributed by atoms with Gasteiger partial charge in [-0.3, -0.25) is 0 Å². The van der Waals surface area contributed by atoms with Gasteiger partial charge in [0, 0.05) is 30.5 Å². The monoisotopic (exact) mass is 356 g/mol. The minimum absolute atomic E-state index is 0.0218. The molecule has 0 bridgehead atoms. The fraction of sp³-hybridized carbons (Fsp3) is 0.263. The van der Waals surface area contributed by atoms with Crippen LogP contribution in [0, 0.1) is 5.82 Å². The van der Waals surface area contributed by atoms with E-state index in [1.54, 1.807) is 4.90 Å². The molecule has 26 heavy (non-hydrogen) atoms. The molecule has 1 aliphatic heterocycles. The highest BCUT2D eigenvalue weighted by molar-refractivity contribution is 5.90. The van der Waals surface area contributed by atoms with Gasteiger partial charge in [0.25, 0.3) is 0 Å². The number of piperidine rings is 1. The number of para-hydroxylation sites is 1. The molecule has 1 saturated heterocycles. The first-order valence-electron chi connectivity index (χ1n) is 8.54. The lowest BCUT2D eigenvalue weighted by Gasteiger charge is -2.32. The molecule has 0 radical (unpaired) electrons. The van der Waals surface area contributed by atoms with Crippen molar-refractivity contribution in [2.75, 3.05) is 23.7 Å².